The molecule has 13 heteroatoms. The van der Waals surface area contributed by atoms with Crippen LogP contribution < -0.4 is 5.73 Å². The van der Waals surface area contributed by atoms with Crippen molar-refractivity contribution in [3.63, 3.8) is 0 Å². The molecule has 3 rings (SSSR count). The molecule has 142 valence electrons. The molecule has 2 aromatic heterocycles. The average Bonchev–Trinajstić information content (AvgIpc) is 3.17. The fraction of sp³-hybridized carbons (Fsp3) is 0.615. The molecule has 0 amide bonds. The number of nitrogen functional groups attached to an aromatic ring is 1. The van der Waals surface area contributed by atoms with E-state index in [9.17, 15) is 9.67 Å². The summed E-state index contributed by atoms with van der Waals surface area (Å²) < 4.78 is 34.3. The van der Waals surface area contributed by atoms with E-state index in [4.69, 9.17) is 29.4 Å². The summed E-state index contributed by atoms with van der Waals surface area (Å²) in [6, 6.07) is 0. The highest BCUT2D eigenvalue weighted by atomic mass is 31.1. The van der Waals surface area contributed by atoms with Crippen LogP contribution >= 0.6 is 8.25 Å². The van der Waals surface area contributed by atoms with Crippen LogP contribution in [0.15, 0.2) is 12.7 Å². The predicted molar refractivity (Wildman–Crippen MR) is 87.0 cm³/mol. The van der Waals surface area contributed by atoms with Crippen molar-refractivity contribution >= 4 is 25.2 Å². The van der Waals surface area contributed by atoms with Crippen molar-refractivity contribution in [2.24, 2.45) is 0 Å². The Morgan fingerprint density at radius 2 is 2.15 bits per heavy atom. The summed E-state index contributed by atoms with van der Waals surface area (Å²) in [4.78, 5) is 21.4. The summed E-state index contributed by atoms with van der Waals surface area (Å²) in [5.74, 6) is 0.202. The van der Waals surface area contributed by atoms with Gasteiger partial charge in [-0.25, -0.2) is 15.0 Å². The number of aliphatic hydroxyl groups excluding tert-OH is 1. The number of aromatic nitrogens is 4. The van der Waals surface area contributed by atoms with Crippen molar-refractivity contribution in [3.05, 3.63) is 12.7 Å². The molecular formula is C13H19N5O7P+. The molecule has 0 bridgehead atoms. The number of fused-ring (bicyclic) bond motifs is 1. The van der Waals surface area contributed by atoms with Crippen molar-refractivity contribution in [3.8, 4) is 0 Å². The Balaban J connectivity index is 1.96. The lowest BCUT2D eigenvalue weighted by Crippen LogP contribution is -2.37. The summed E-state index contributed by atoms with van der Waals surface area (Å²) >= 11 is 0. The SMILES string of the molecule is COCCO[C@H]1C(O[P+](=O)O)[C@@H](CO)O[C@H]1n1cnc2c(N)ncnc21. The first-order valence-corrected chi connectivity index (χ1v) is 8.82. The van der Waals surface area contributed by atoms with Crippen LogP contribution in [0.1, 0.15) is 6.23 Å². The van der Waals surface area contributed by atoms with Crippen molar-refractivity contribution in [1.82, 2.24) is 19.5 Å². The second-order valence-corrected chi connectivity index (χ2v) is 6.15. The first-order chi connectivity index (χ1) is 12.6. The van der Waals surface area contributed by atoms with Gasteiger partial charge in [-0.2, -0.15) is 0 Å². The molecule has 5 atom stereocenters. The van der Waals surface area contributed by atoms with Gasteiger partial charge >= 0.3 is 8.25 Å². The van der Waals surface area contributed by atoms with Crippen LogP contribution in [0.25, 0.3) is 11.2 Å². The molecule has 4 N–H and O–H groups in total. The Hall–Kier alpha value is -1.79. The van der Waals surface area contributed by atoms with Crippen molar-refractivity contribution in [2.45, 2.75) is 24.5 Å². The minimum atomic E-state index is -2.93. The van der Waals surface area contributed by atoms with Gasteiger partial charge < -0.3 is 25.1 Å². The molecular weight excluding hydrogens is 369 g/mol. The molecule has 0 spiro atoms. The Morgan fingerprint density at radius 3 is 2.85 bits per heavy atom. The van der Waals surface area contributed by atoms with E-state index in [0.29, 0.717) is 17.8 Å². The van der Waals surface area contributed by atoms with Gasteiger partial charge in [0.1, 0.15) is 24.1 Å². The highest BCUT2D eigenvalue weighted by molar-refractivity contribution is 7.32. The number of nitrogens with zero attached hydrogens (tertiary/aromatic N) is 4. The highest BCUT2D eigenvalue weighted by Crippen LogP contribution is 2.38. The van der Waals surface area contributed by atoms with Gasteiger partial charge in [0.15, 0.2) is 23.8 Å². The molecule has 1 saturated heterocycles. The Labute approximate surface area is 148 Å². The molecule has 26 heavy (non-hydrogen) atoms. The fourth-order valence-corrected chi connectivity index (χ4v) is 3.28. The summed E-state index contributed by atoms with van der Waals surface area (Å²) in [7, 11) is -1.41. The first-order valence-electron chi connectivity index (χ1n) is 7.69. The zero-order valence-corrected chi connectivity index (χ0v) is 14.7. The molecule has 0 aromatic carbocycles. The van der Waals surface area contributed by atoms with E-state index in [2.05, 4.69) is 15.0 Å². The number of rotatable bonds is 8. The van der Waals surface area contributed by atoms with Gasteiger partial charge in [-0.05, 0) is 0 Å². The number of ether oxygens (including phenoxy) is 3. The van der Waals surface area contributed by atoms with Crippen molar-refractivity contribution in [2.75, 3.05) is 32.7 Å². The molecule has 1 aliphatic heterocycles. The van der Waals surface area contributed by atoms with Crippen LogP contribution in [0.2, 0.25) is 0 Å². The Bertz CT molecular complexity index is 774. The van der Waals surface area contributed by atoms with Gasteiger partial charge in [0.2, 0.25) is 0 Å². The minimum absolute atomic E-state index is 0.186. The van der Waals surface area contributed by atoms with Gasteiger partial charge in [-0.15, -0.1) is 9.42 Å². The highest BCUT2D eigenvalue weighted by Gasteiger charge is 2.51. The lowest BCUT2D eigenvalue weighted by molar-refractivity contribution is -0.0775. The van der Waals surface area contributed by atoms with Crippen LogP contribution in [0.4, 0.5) is 5.82 Å². The molecule has 12 nitrogen and oxygen atoms in total. The molecule has 3 heterocycles. The monoisotopic (exact) mass is 388 g/mol. The van der Waals surface area contributed by atoms with E-state index in [0.717, 1.165) is 0 Å². The van der Waals surface area contributed by atoms with E-state index in [-0.39, 0.29) is 12.4 Å². The maximum Gasteiger partial charge on any atom is 0.695 e. The molecule has 0 radical (unpaired) electrons. The van der Waals surface area contributed by atoms with Crippen LogP contribution in [0, 0.1) is 0 Å². The Morgan fingerprint density at radius 1 is 1.35 bits per heavy atom. The number of nitrogens with two attached hydrogens (primary N) is 1. The van der Waals surface area contributed by atoms with Gasteiger partial charge in [0.25, 0.3) is 0 Å². The number of methoxy groups -OCH3 is 1. The summed E-state index contributed by atoms with van der Waals surface area (Å²) in [6.45, 7) is 0.0496. The maximum absolute atomic E-state index is 11.2. The lowest BCUT2D eigenvalue weighted by Gasteiger charge is -2.21. The topological polar surface area (TPSA) is 164 Å². The van der Waals surface area contributed by atoms with E-state index in [1.54, 1.807) is 4.57 Å². The minimum Gasteiger partial charge on any atom is -0.394 e. The quantitative estimate of drug-likeness (QED) is 0.389. The molecule has 2 unspecified atom stereocenters. The van der Waals surface area contributed by atoms with E-state index >= 15 is 0 Å². The van der Waals surface area contributed by atoms with Gasteiger partial charge in [0.05, 0.1) is 26.1 Å². The van der Waals surface area contributed by atoms with Gasteiger partial charge in [-0.1, -0.05) is 0 Å². The second-order valence-electron chi connectivity index (χ2n) is 5.47. The summed E-state index contributed by atoms with van der Waals surface area (Å²) in [5, 5.41) is 9.58. The predicted octanol–water partition coefficient (Wildman–Crippen LogP) is -0.635. The van der Waals surface area contributed by atoms with E-state index in [1.165, 1.54) is 19.8 Å². The fourth-order valence-electron chi connectivity index (χ4n) is 2.81. The molecule has 0 aliphatic carbocycles. The standard InChI is InChI=1S/C13H18N5O7P/c1-22-2-3-23-10-9(25-26(20)21)7(4-19)24-13(10)18-6-17-8-11(14)15-5-16-12(8)18/h5-7,9-10,13,19H,2-4H2,1H3,(H2-,14,15,16,20,21)/p+1/t7-,9?,10+,13-/m1/s1. The third-order valence-electron chi connectivity index (χ3n) is 3.94. The third kappa shape index (κ3) is 3.67. The first kappa shape index (κ1) is 19.0. The zero-order valence-electron chi connectivity index (χ0n) is 13.8. The van der Waals surface area contributed by atoms with Crippen LogP contribution in [0.3, 0.4) is 0 Å². The number of hydrogen-bond donors (Lipinski definition) is 3. The van der Waals surface area contributed by atoms with E-state index in [1.807, 2.05) is 0 Å². The number of aliphatic hydroxyl groups is 1. The van der Waals surface area contributed by atoms with Crippen LogP contribution in [-0.2, 0) is 23.3 Å². The zero-order chi connectivity index (χ0) is 18.7. The average molecular weight is 388 g/mol. The van der Waals surface area contributed by atoms with Crippen LogP contribution in [-0.4, -0.2) is 74.8 Å². The van der Waals surface area contributed by atoms with Gasteiger partial charge in [0, 0.05) is 11.7 Å². The van der Waals surface area contributed by atoms with Crippen molar-refractivity contribution < 1.29 is 33.3 Å². The smallest absolute Gasteiger partial charge is 0.394 e. The normalized spacial score (nSPS) is 26.5. The summed E-state index contributed by atoms with van der Waals surface area (Å²) in [6.07, 6.45) is -0.760. The molecule has 1 aliphatic rings. The largest absolute Gasteiger partial charge is 0.695 e. The Kier molecular flexibility index (Phi) is 6.04. The lowest BCUT2D eigenvalue weighted by atomic mass is 10.1. The van der Waals surface area contributed by atoms with Gasteiger partial charge in [-0.3, -0.25) is 4.57 Å². The number of anilines is 1. The third-order valence-corrected chi connectivity index (χ3v) is 4.36. The molecule has 1 fully saturated rings. The summed E-state index contributed by atoms with van der Waals surface area (Å²) in [5.41, 5.74) is 6.57. The molecule has 0 saturated carbocycles. The van der Waals surface area contributed by atoms with E-state index < -0.39 is 39.4 Å². The maximum atomic E-state index is 11.2. The number of imidazole rings is 1. The van der Waals surface area contributed by atoms with Crippen molar-refractivity contribution in [1.29, 1.82) is 0 Å². The number of hydrogen-bond acceptors (Lipinski definition) is 10. The molecule has 2 aromatic rings. The van der Waals surface area contributed by atoms with Crippen LogP contribution in [0.5, 0.6) is 0 Å². The second kappa shape index (κ2) is 8.27.